The molecule has 1 N–H and O–H groups in total. The van der Waals surface area contributed by atoms with E-state index in [1.807, 2.05) is 42.5 Å². The largest absolute Gasteiger partial charge is 0.321 e. The van der Waals surface area contributed by atoms with Crippen LogP contribution in [-0.2, 0) is 17.8 Å². The maximum atomic E-state index is 12.5. The molecule has 0 saturated carbocycles. The maximum absolute atomic E-state index is 12.5. The zero-order valence-corrected chi connectivity index (χ0v) is 14.9. The van der Waals surface area contributed by atoms with E-state index in [2.05, 4.69) is 15.6 Å². The molecule has 7 nitrogen and oxygen atoms in total. The van der Waals surface area contributed by atoms with Crippen molar-refractivity contribution < 1.29 is 9.59 Å². The molecule has 3 aromatic rings. The highest BCUT2D eigenvalue weighted by atomic mass is 16.2. The third-order valence-electron chi connectivity index (χ3n) is 4.57. The number of hydrogen-bond donors (Lipinski definition) is 1. The number of benzene rings is 2. The molecule has 1 aliphatic rings. The van der Waals surface area contributed by atoms with Gasteiger partial charge in [-0.2, -0.15) is 0 Å². The summed E-state index contributed by atoms with van der Waals surface area (Å²) >= 11 is 0. The zero-order chi connectivity index (χ0) is 18.8. The number of rotatable bonds is 4. The second-order valence-corrected chi connectivity index (χ2v) is 6.51. The number of nitrogens with one attached hydrogen (secondary N) is 1. The first-order valence-corrected chi connectivity index (χ1v) is 8.76. The molecule has 0 spiro atoms. The fourth-order valence-electron chi connectivity index (χ4n) is 3.25. The third-order valence-corrected chi connectivity index (χ3v) is 4.57. The van der Waals surface area contributed by atoms with Crippen LogP contribution >= 0.6 is 0 Å². The van der Waals surface area contributed by atoms with E-state index in [-0.39, 0.29) is 17.5 Å². The van der Waals surface area contributed by atoms with Gasteiger partial charge in [-0.3, -0.25) is 9.59 Å². The van der Waals surface area contributed by atoms with Gasteiger partial charge in [-0.1, -0.05) is 35.5 Å². The van der Waals surface area contributed by atoms with Gasteiger partial charge in [0.25, 0.3) is 5.91 Å². The Labute approximate surface area is 156 Å². The quantitative estimate of drug-likeness (QED) is 0.774. The van der Waals surface area contributed by atoms with Crippen molar-refractivity contribution in [2.24, 2.45) is 0 Å². The molecular weight excluding hydrogens is 342 g/mol. The summed E-state index contributed by atoms with van der Waals surface area (Å²) in [5.74, 6) is -0.281. The van der Waals surface area contributed by atoms with E-state index in [0.29, 0.717) is 18.8 Å². The minimum atomic E-state index is -0.310. The summed E-state index contributed by atoms with van der Waals surface area (Å²) in [4.78, 5) is 25.8. The lowest BCUT2D eigenvalue weighted by Crippen LogP contribution is -2.25. The molecule has 7 heteroatoms. The van der Waals surface area contributed by atoms with Gasteiger partial charge in [0.2, 0.25) is 5.91 Å². The number of amides is 2. The predicted octanol–water partition coefficient (Wildman–Crippen LogP) is 2.49. The van der Waals surface area contributed by atoms with Crippen LogP contribution in [0, 0.1) is 0 Å². The van der Waals surface area contributed by atoms with Gasteiger partial charge in [0, 0.05) is 24.8 Å². The van der Waals surface area contributed by atoms with Gasteiger partial charge < -0.3 is 10.2 Å². The number of carbonyl (C=O) groups excluding carboxylic acids is 2. The molecule has 136 valence electrons. The molecule has 1 aromatic heterocycles. The summed E-state index contributed by atoms with van der Waals surface area (Å²) in [6.07, 6.45) is 2.42. The molecule has 0 aliphatic carbocycles. The van der Waals surface area contributed by atoms with Crippen molar-refractivity contribution in [3.63, 3.8) is 0 Å². The summed E-state index contributed by atoms with van der Waals surface area (Å²) in [6, 6.07) is 15.4. The van der Waals surface area contributed by atoms with E-state index in [9.17, 15) is 9.59 Å². The van der Waals surface area contributed by atoms with Crippen LogP contribution in [0.4, 0.5) is 11.4 Å². The lowest BCUT2D eigenvalue weighted by molar-refractivity contribution is -0.116. The van der Waals surface area contributed by atoms with Crippen LogP contribution < -0.4 is 10.2 Å². The van der Waals surface area contributed by atoms with Crippen LogP contribution in [0.25, 0.3) is 0 Å². The molecular formula is C20H19N5O2. The third kappa shape index (κ3) is 3.57. The van der Waals surface area contributed by atoms with Crippen LogP contribution in [0.2, 0.25) is 0 Å². The molecule has 2 aromatic carbocycles. The molecule has 2 amide bonds. The lowest BCUT2D eigenvalue weighted by Gasteiger charge is -2.14. The Kier molecular flexibility index (Phi) is 4.42. The second kappa shape index (κ2) is 7.03. The number of anilines is 2. The highest BCUT2D eigenvalue weighted by Gasteiger charge is 2.22. The predicted molar refractivity (Wildman–Crippen MR) is 102 cm³/mol. The first-order chi connectivity index (χ1) is 13.1. The van der Waals surface area contributed by atoms with Crippen molar-refractivity contribution >= 4 is 23.2 Å². The van der Waals surface area contributed by atoms with E-state index in [0.717, 1.165) is 23.2 Å². The highest BCUT2D eigenvalue weighted by molar-refractivity contribution is 6.03. The SMILES string of the molecule is CC(=O)N1CCc2cc(NC(=O)c3cn(Cc4ccccc4)nn3)ccc21. The van der Waals surface area contributed by atoms with Crippen LogP contribution in [0.5, 0.6) is 0 Å². The molecule has 0 radical (unpaired) electrons. The van der Waals surface area contributed by atoms with Gasteiger partial charge in [0.05, 0.1) is 12.7 Å². The van der Waals surface area contributed by atoms with Crippen LogP contribution in [-0.4, -0.2) is 33.4 Å². The average Bonchev–Trinajstić information content (AvgIpc) is 3.29. The van der Waals surface area contributed by atoms with Crippen molar-refractivity contribution in [2.75, 3.05) is 16.8 Å². The Morgan fingerprint density at radius 2 is 1.96 bits per heavy atom. The highest BCUT2D eigenvalue weighted by Crippen LogP contribution is 2.30. The average molecular weight is 361 g/mol. The lowest BCUT2D eigenvalue weighted by atomic mass is 10.1. The molecule has 0 saturated heterocycles. The summed E-state index contributed by atoms with van der Waals surface area (Å²) in [7, 11) is 0. The summed E-state index contributed by atoms with van der Waals surface area (Å²) in [5.41, 5.74) is 3.99. The molecule has 0 unspecified atom stereocenters. The zero-order valence-electron chi connectivity index (χ0n) is 14.9. The molecule has 27 heavy (non-hydrogen) atoms. The van der Waals surface area contributed by atoms with Crippen molar-refractivity contribution in [3.05, 3.63) is 71.5 Å². The standard InChI is InChI=1S/C20H19N5O2/c1-14(26)25-10-9-16-11-17(7-8-19(16)25)21-20(27)18-13-24(23-22-18)12-15-5-3-2-4-6-15/h2-8,11,13H,9-10,12H2,1H3,(H,21,27). The van der Waals surface area contributed by atoms with Gasteiger partial charge in [-0.15, -0.1) is 5.10 Å². The molecule has 1 aliphatic heterocycles. The molecule has 4 rings (SSSR count). The van der Waals surface area contributed by atoms with Crippen LogP contribution in [0.3, 0.4) is 0 Å². The summed E-state index contributed by atoms with van der Waals surface area (Å²) < 4.78 is 1.64. The van der Waals surface area contributed by atoms with Gasteiger partial charge in [-0.05, 0) is 35.7 Å². The van der Waals surface area contributed by atoms with Crippen molar-refractivity contribution in [1.82, 2.24) is 15.0 Å². The molecule has 2 heterocycles. The summed E-state index contributed by atoms with van der Waals surface area (Å²) in [6.45, 7) is 2.79. The van der Waals surface area contributed by atoms with Crippen molar-refractivity contribution in [2.45, 2.75) is 19.9 Å². The van der Waals surface area contributed by atoms with Crippen LogP contribution in [0.1, 0.15) is 28.5 Å². The van der Waals surface area contributed by atoms with Gasteiger partial charge in [-0.25, -0.2) is 4.68 Å². The molecule has 0 bridgehead atoms. The number of hydrogen-bond acceptors (Lipinski definition) is 4. The maximum Gasteiger partial charge on any atom is 0.277 e. The minimum absolute atomic E-state index is 0.0283. The van der Waals surface area contributed by atoms with E-state index in [1.54, 1.807) is 28.8 Å². The van der Waals surface area contributed by atoms with Crippen molar-refractivity contribution in [1.29, 1.82) is 0 Å². The number of nitrogens with zero attached hydrogens (tertiary/aromatic N) is 4. The molecule has 0 atom stereocenters. The topological polar surface area (TPSA) is 80.1 Å². The second-order valence-electron chi connectivity index (χ2n) is 6.51. The molecule has 0 fully saturated rings. The van der Waals surface area contributed by atoms with E-state index < -0.39 is 0 Å². The Bertz CT molecular complexity index is 997. The first kappa shape index (κ1) is 17.0. The fourth-order valence-corrected chi connectivity index (χ4v) is 3.25. The van der Waals surface area contributed by atoms with Crippen molar-refractivity contribution in [3.8, 4) is 0 Å². The van der Waals surface area contributed by atoms with Crippen LogP contribution in [0.15, 0.2) is 54.7 Å². The number of aromatic nitrogens is 3. The summed E-state index contributed by atoms with van der Waals surface area (Å²) in [5, 5.41) is 10.8. The van der Waals surface area contributed by atoms with E-state index in [1.165, 1.54) is 0 Å². The van der Waals surface area contributed by atoms with Gasteiger partial charge >= 0.3 is 0 Å². The normalized spacial score (nSPS) is 12.7. The Hall–Kier alpha value is -3.48. The Balaban J connectivity index is 1.45. The fraction of sp³-hybridized carbons (Fsp3) is 0.200. The van der Waals surface area contributed by atoms with Gasteiger partial charge in [0.1, 0.15) is 0 Å². The minimum Gasteiger partial charge on any atom is -0.321 e. The van der Waals surface area contributed by atoms with E-state index in [4.69, 9.17) is 0 Å². The Morgan fingerprint density at radius 1 is 1.15 bits per heavy atom. The van der Waals surface area contributed by atoms with Gasteiger partial charge in [0.15, 0.2) is 5.69 Å². The van der Waals surface area contributed by atoms with E-state index >= 15 is 0 Å². The number of carbonyl (C=O) groups is 2. The monoisotopic (exact) mass is 361 g/mol. The number of fused-ring (bicyclic) bond motifs is 1. The Morgan fingerprint density at radius 3 is 2.74 bits per heavy atom. The smallest absolute Gasteiger partial charge is 0.277 e. The first-order valence-electron chi connectivity index (χ1n) is 8.76.